The van der Waals surface area contributed by atoms with Gasteiger partial charge < -0.3 is 9.88 Å². The summed E-state index contributed by atoms with van der Waals surface area (Å²) in [5.41, 5.74) is 13.3. The van der Waals surface area contributed by atoms with Crippen LogP contribution in [0.4, 0.5) is 5.82 Å². The largest absolute Gasteiger partial charge is 0.351 e. The van der Waals surface area contributed by atoms with Gasteiger partial charge in [0.2, 0.25) is 28.8 Å². The first-order valence-electron chi connectivity index (χ1n) is 22.5. The first-order chi connectivity index (χ1) is 33.3. The molecule has 2 N–H and O–H groups in total. The van der Waals surface area contributed by atoms with E-state index in [9.17, 15) is 0 Å². The fourth-order valence-electron chi connectivity index (χ4n) is 9.72. The molecular weight excluding hydrogens is 841 g/mol. The Morgan fingerprint density at radius 2 is 1.04 bits per heavy atom. The molecule has 0 saturated carbocycles. The molecule has 12 nitrogen and oxygen atoms in total. The predicted molar refractivity (Wildman–Crippen MR) is 265 cm³/mol. The lowest BCUT2D eigenvalue weighted by atomic mass is 10.0. The van der Waals surface area contributed by atoms with Crippen LogP contribution in [-0.2, 0) is 21.1 Å². The molecule has 0 atom stereocenters. The number of likely N-dealkylation sites (N-methyl/N-ethyl adjacent to an activating group) is 1. The van der Waals surface area contributed by atoms with E-state index in [1.807, 2.05) is 24.3 Å². The molecule has 0 amide bonds. The van der Waals surface area contributed by atoms with Gasteiger partial charge in [0.1, 0.15) is 32.4 Å². The second-order valence-electron chi connectivity index (χ2n) is 17.4. The molecule has 0 saturated heterocycles. The topological polar surface area (TPSA) is 119 Å². The number of nitrogens with zero attached hydrogens (tertiary/aromatic N) is 10. The maximum Gasteiger partial charge on any atom is 0.271 e. The number of fused-ring (bicyclic) bond motifs is 17. The van der Waals surface area contributed by atoms with E-state index >= 15 is 0 Å². The van der Waals surface area contributed by atoms with E-state index in [2.05, 4.69) is 203 Å². The third-order valence-corrected chi connectivity index (χ3v) is 13.2. The Kier molecular flexibility index (Phi) is 8.77. The molecule has 0 aliphatic carbocycles. The fraction of sp³-hybridized carbons (Fsp3) is 0.0714. The lowest BCUT2D eigenvalue weighted by Crippen LogP contribution is -2.74. The van der Waals surface area contributed by atoms with Crippen molar-refractivity contribution in [3.05, 3.63) is 214 Å². The Labute approximate surface area is 390 Å². The summed E-state index contributed by atoms with van der Waals surface area (Å²) in [4.78, 5) is 41.5. The van der Waals surface area contributed by atoms with E-state index in [-0.39, 0.29) is 0 Å². The lowest BCUT2D eigenvalue weighted by Gasteiger charge is -2.18. The molecular formula is C56H42N12+4. The molecule has 12 heteroatoms. The van der Waals surface area contributed by atoms with Gasteiger partial charge in [0.25, 0.3) is 11.7 Å². The average Bonchev–Trinajstić information content (AvgIpc) is 4.09. The zero-order chi connectivity index (χ0) is 45.6. The van der Waals surface area contributed by atoms with Crippen molar-refractivity contribution in [3.63, 3.8) is 0 Å². The minimum atomic E-state index is 0.540. The highest BCUT2D eigenvalue weighted by molar-refractivity contribution is 6.29. The summed E-state index contributed by atoms with van der Waals surface area (Å²) in [6.07, 6.45) is 14.4. The van der Waals surface area contributed by atoms with Gasteiger partial charge in [-0.1, -0.05) is 22.1 Å². The van der Waals surface area contributed by atoms with Gasteiger partial charge in [-0.3, -0.25) is 0 Å². The first kappa shape index (κ1) is 39.2. The number of rotatable bonds is 3. The Morgan fingerprint density at radius 1 is 0.485 bits per heavy atom. The number of aryl methyl sites for hydroxylation is 3. The van der Waals surface area contributed by atoms with E-state index < -0.39 is 0 Å². The minimum Gasteiger partial charge on any atom is -0.351 e. The molecule has 0 spiro atoms. The van der Waals surface area contributed by atoms with Crippen LogP contribution in [0, 0.1) is 0 Å². The van der Waals surface area contributed by atoms with E-state index in [0.29, 0.717) is 46.3 Å². The van der Waals surface area contributed by atoms with Crippen molar-refractivity contribution >= 4 is 57.3 Å². The number of pyridine rings is 3. The first-order valence-corrected chi connectivity index (χ1v) is 22.5. The quantitative estimate of drug-likeness (QED) is 0.246. The third kappa shape index (κ3) is 6.37. The molecule has 9 heterocycles. The van der Waals surface area contributed by atoms with Crippen LogP contribution >= 0.6 is 0 Å². The molecule has 5 aliphatic heterocycles. The van der Waals surface area contributed by atoms with Crippen molar-refractivity contribution in [2.45, 2.75) is 0 Å². The zero-order valence-electron chi connectivity index (χ0n) is 37.6. The van der Waals surface area contributed by atoms with Crippen molar-refractivity contribution in [2.75, 3.05) is 7.05 Å². The van der Waals surface area contributed by atoms with E-state index in [1.165, 1.54) is 0 Å². The Bertz CT molecular complexity index is 3970. The number of aliphatic imine (C=N–C) groups is 5. The van der Waals surface area contributed by atoms with Crippen LogP contribution < -0.4 is 29.4 Å². The number of H-pyrrole nitrogens is 1. The normalized spacial score (nSPS) is 16.0. The van der Waals surface area contributed by atoms with Crippen LogP contribution in [-0.4, -0.2) is 51.9 Å². The van der Waals surface area contributed by atoms with Crippen molar-refractivity contribution in [2.24, 2.45) is 51.1 Å². The van der Waals surface area contributed by atoms with Crippen LogP contribution in [0.15, 0.2) is 200 Å². The monoisotopic (exact) mass is 882 g/mol. The molecule has 4 aromatic carbocycles. The lowest BCUT2D eigenvalue weighted by molar-refractivity contribution is -0.660. The predicted octanol–water partition coefficient (Wildman–Crippen LogP) is 4.73. The van der Waals surface area contributed by atoms with E-state index in [4.69, 9.17) is 30.0 Å². The molecule has 0 fully saturated rings. The number of nitrogens with one attached hydrogen (secondary N) is 2. The highest BCUT2D eigenvalue weighted by atomic mass is 15.1. The minimum absolute atomic E-state index is 0.540. The molecule has 4 aromatic heterocycles. The summed E-state index contributed by atoms with van der Waals surface area (Å²) in [5.74, 6) is 4.05. The number of hydrogen-bond donors (Lipinski definition) is 2. The molecule has 0 radical (unpaired) electrons. The number of aromatic nitrogens is 4. The molecule has 5 aliphatic rings. The van der Waals surface area contributed by atoms with E-state index in [0.717, 1.165) is 88.8 Å². The number of benzene rings is 4. The molecule has 13 rings (SSSR count). The van der Waals surface area contributed by atoms with Gasteiger partial charge in [-0.05, 0) is 102 Å². The summed E-state index contributed by atoms with van der Waals surface area (Å²) >= 11 is 0. The van der Waals surface area contributed by atoms with Gasteiger partial charge in [-0.2, -0.15) is 9.98 Å². The van der Waals surface area contributed by atoms with Gasteiger partial charge >= 0.3 is 0 Å². The molecule has 8 bridgehead atoms. The van der Waals surface area contributed by atoms with Crippen LogP contribution in [0.1, 0.15) is 33.4 Å². The van der Waals surface area contributed by atoms with Gasteiger partial charge in [0.05, 0.1) is 11.1 Å². The third-order valence-electron chi connectivity index (χ3n) is 13.2. The maximum atomic E-state index is 5.39. The molecule has 0 unspecified atom stereocenters. The van der Waals surface area contributed by atoms with Crippen molar-refractivity contribution in [1.82, 2.24) is 9.88 Å². The Hall–Kier alpha value is -9.16. The summed E-state index contributed by atoms with van der Waals surface area (Å²) in [6, 6.07) is 44.3. The number of allylic oxidation sites excluding steroid dienone is 2. The van der Waals surface area contributed by atoms with Crippen LogP contribution in [0.25, 0.3) is 50.2 Å². The van der Waals surface area contributed by atoms with Gasteiger partial charge in [0.15, 0.2) is 30.3 Å². The van der Waals surface area contributed by atoms with Gasteiger partial charge in [-0.25, -0.2) is 28.7 Å². The fourth-order valence-corrected chi connectivity index (χ4v) is 9.72. The summed E-state index contributed by atoms with van der Waals surface area (Å²) in [6.45, 7) is 0. The highest BCUT2D eigenvalue weighted by Crippen LogP contribution is 2.32. The second-order valence-corrected chi connectivity index (χ2v) is 17.4. The zero-order valence-corrected chi connectivity index (χ0v) is 37.6. The summed E-state index contributed by atoms with van der Waals surface area (Å²) in [7, 11) is 8.22. The Balaban J connectivity index is 1.10. The van der Waals surface area contributed by atoms with Gasteiger partial charge in [0, 0.05) is 105 Å². The van der Waals surface area contributed by atoms with Gasteiger partial charge in [-0.15, -0.1) is 0 Å². The summed E-state index contributed by atoms with van der Waals surface area (Å²) in [5, 5.41) is 2.84. The van der Waals surface area contributed by atoms with Crippen LogP contribution in [0.5, 0.6) is 0 Å². The smallest absolute Gasteiger partial charge is 0.271 e. The van der Waals surface area contributed by atoms with Crippen molar-refractivity contribution < 1.29 is 18.7 Å². The van der Waals surface area contributed by atoms with Crippen molar-refractivity contribution in [1.29, 1.82) is 0 Å². The molecule has 322 valence electrons. The second kappa shape index (κ2) is 15.2. The molecule has 68 heavy (non-hydrogen) atoms. The molecule has 8 aromatic rings. The van der Waals surface area contributed by atoms with E-state index in [1.54, 1.807) is 0 Å². The average molecular weight is 883 g/mol. The SMILES string of the molecule is CN1C=CC=CC1=c1ccc2c3[nH]c(c2c1)=NC1=NC(=NC2=[NH+]C(=NC4=NC(=N3)c3cc(-c5cccc[n+]5C)ccc34)c3cc(-c4cccc[n+]4C)ccc32)c2cc(-c3cccc[n+]3C)ccc21. The van der Waals surface area contributed by atoms with Crippen LogP contribution in [0.3, 0.4) is 0 Å². The summed E-state index contributed by atoms with van der Waals surface area (Å²) < 4.78 is 6.36. The van der Waals surface area contributed by atoms with Crippen molar-refractivity contribution in [3.8, 4) is 33.8 Å². The maximum absolute atomic E-state index is 5.39. The number of hydrogen-bond acceptors (Lipinski definition) is 7. The Morgan fingerprint density at radius 3 is 1.65 bits per heavy atom. The highest BCUT2D eigenvalue weighted by Gasteiger charge is 2.35. The standard InChI is InChI=1S/C56H41N12/c1-65-25-9-5-13-45(65)33-17-21-37-41(29-33)53-57-49(37)62-54-43-31-35(47-15-7-11-27-67(47)3)19-23-39(43)51(59-54)64-56-44-32-36(48-16-8-12-28-68(48)4)20-24-40(44)52(60-56)63-55-42-30-34(46-14-6-10-26-66(46)2)18-22-38(42)50(58-55)61-53/h5-32H,1-4H3,(H,57,58,59,60,61,62,63,64)/q+3/p+1. The van der Waals surface area contributed by atoms with Crippen LogP contribution in [0.2, 0.25) is 0 Å². The number of aromatic amines is 1. The number of amidine groups is 6.